The van der Waals surface area contributed by atoms with Gasteiger partial charge in [-0.2, -0.15) is 0 Å². The monoisotopic (exact) mass is 243 g/mol. The topological polar surface area (TPSA) is 75.0 Å². The van der Waals surface area contributed by atoms with Gasteiger partial charge in [-0.1, -0.05) is 6.07 Å². The minimum Gasteiger partial charge on any atom is -0.394 e. The van der Waals surface area contributed by atoms with Gasteiger partial charge >= 0.3 is 0 Å². The number of rotatable bonds is 4. The molecule has 0 aliphatic carbocycles. The highest BCUT2D eigenvalue weighted by Gasteiger charge is 2.08. The van der Waals surface area contributed by atoms with Gasteiger partial charge in [0.1, 0.15) is 24.6 Å². The molecule has 0 radical (unpaired) electrons. The zero-order valence-electron chi connectivity index (χ0n) is 9.87. The summed E-state index contributed by atoms with van der Waals surface area (Å²) in [5.74, 6) is 0.734. The lowest BCUT2D eigenvalue weighted by Crippen LogP contribution is -2.34. The van der Waals surface area contributed by atoms with Crippen molar-refractivity contribution in [3.63, 3.8) is 0 Å². The Labute approximate surface area is 104 Å². The number of imidazole rings is 1. The molecule has 0 aromatic carbocycles. The van der Waals surface area contributed by atoms with Crippen molar-refractivity contribution in [3.8, 4) is 0 Å². The Morgan fingerprint density at radius 2 is 2.39 bits per heavy atom. The summed E-state index contributed by atoms with van der Waals surface area (Å²) < 4.78 is 3.83. The summed E-state index contributed by atoms with van der Waals surface area (Å²) in [6, 6.07) is 5.83. The van der Waals surface area contributed by atoms with Crippen LogP contribution in [0.3, 0.4) is 0 Å². The van der Waals surface area contributed by atoms with Gasteiger partial charge in [0.25, 0.3) is 0 Å². The maximum atomic E-state index is 6.04. The lowest BCUT2D eigenvalue weighted by molar-refractivity contribution is -0.692. The van der Waals surface area contributed by atoms with E-state index < -0.39 is 0 Å². The maximum absolute atomic E-state index is 6.04. The van der Waals surface area contributed by atoms with Crippen molar-refractivity contribution in [2.45, 2.75) is 6.54 Å². The number of nitrogens with one attached hydrogen (secondary N) is 2. The lowest BCUT2D eigenvalue weighted by atomic mass is 10.3. The molecule has 3 aromatic rings. The fourth-order valence-electron chi connectivity index (χ4n) is 1.91. The van der Waals surface area contributed by atoms with E-state index in [2.05, 4.69) is 20.0 Å². The Morgan fingerprint density at radius 3 is 3.17 bits per heavy atom. The van der Waals surface area contributed by atoms with Gasteiger partial charge in [0.15, 0.2) is 5.82 Å². The van der Waals surface area contributed by atoms with Gasteiger partial charge in [0.05, 0.1) is 12.1 Å². The van der Waals surface area contributed by atoms with Gasteiger partial charge in [-0.25, -0.2) is 9.08 Å². The van der Waals surface area contributed by atoms with Crippen molar-refractivity contribution in [3.05, 3.63) is 43.1 Å². The number of pyridine rings is 1. The fourth-order valence-corrected chi connectivity index (χ4v) is 1.91. The number of aromatic amines is 1. The molecule has 4 N–H and O–H groups in total. The number of nitrogens with two attached hydrogens (primary N) is 1. The number of anilines is 2. The molecule has 92 valence electrons. The molecule has 6 heteroatoms. The SMILES string of the molecule is Nc1c(NCC[n+]2cc[nH]c2)nn2ccccc12. The molecule has 0 atom stereocenters. The van der Waals surface area contributed by atoms with E-state index in [1.807, 2.05) is 43.1 Å². The molecule has 18 heavy (non-hydrogen) atoms. The van der Waals surface area contributed by atoms with Gasteiger partial charge < -0.3 is 11.1 Å². The van der Waals surface area contributed by atoms with Gasteiger partial charge in [-0.3, -0.25) is 4.98 Å². The van der Waals surface area contributed by atoms with Gasteiger partial charge in [-0.05, 0) is 12.1 Å². The fraction of sp³-hybridized carbons (Fsp3) is 0.167. The van der Waals surface area contributed by atoms with E-state index in [0.29, 0.717) is 5.69 Å². The molecule has 3 aromatic heterocycles. The predicted molar refractivity (Wildman–Crippen MR) is 69.1 cm³/mol. The van der Waals surface area contributed by atoms with E-state index in [1.54, 1.807) is 4.52 Å². The predicted octanol–water partition coefficient (Wildman–Crippen LogP) is 0.644. The zero-order chi connectivity index (χ0) is 12.4. The van der Waals surface area contributed by atoms with E-state index in [0.717, 1.165) is 24.4 Å². The first-order valence-electron chi connectivity index (χ1n) is 5.83. The first-order chi connectivity index (χ1) is 8.84. The van der Waals surface area contributed by atoms with Crippen LogP contribution in [0.5, 0.6) is 0 Å². The van der Waals surface area contributed by atoms with Crippen LogP contribution in [-0.4, -0.2) is 21.1 Å². The molecule has 0 saturated heterocycles. The molecular weight excluding hydrogens is 228 g/mol. The molecular formula is C12H15N6+. The van der Waals surface area contributed by atoms with Crippen molar-refractivity contribution in [1.82, 2.24) is 14.6 Å². The molecule has 0 saturated carbocycles. The summed E-state index contributed by atoms with van der Waals surface area (Å²) in [5, 5.41) is 7.64. The third-order valence-corrected chi connectivity index (χ3v) is 2.84. The minimum absolute atomic E-state index is 0.690. The van der Waals surface area contributed by atoms with Crippen LogP contribution in [0.15, 0.2) is 43.1 Å². The zero-order valence-corrected chi connectivity index (χ0v) is 9.87. The van der Waals surface area contributed by atoms with Crippen LogP contribution >= 0.6 is 0 Å². The number of fused-ring (bicyclic) bond motifs is 1. The van der Waals surface area contributed by atoms with E-state index in [4.69, 9.17) is 5.73 Å². The summed E-state index contributed by atoms with van der Waals surface area (Å²) >= 11 is 0. The number of nitrogen functional groups attached to an aromatic ring is 1. The summed E-state index contributed by atoms with van der Waals surface area (Å²) in [7, 11) is 0. The third-order valence-electron chi connectivity index (χ3n) is 2.84. The largest absolute Gasteiger partial charge is 0.394 e. The highest BCUT2D eigenvalue weighted by Crippen LogP contribution is 2.21. The molecule has 0 bridgehead atoms. The quantitative estimate of drug-likeness (QED) is 0.589. The van der Waals surface area contributed by atoms with Gasteiger partial charge in [0.2, 0.25) is 6.33 Å². The van der Waals surface area contributed by atoms with Crippen LogP contribution < -0.4 is 15.6 Å². The first kappa shape index (κ1) is 10.6. The van der Waals surface area contributed by atoms with Gasteiger partial charge in [-0.15, -0.1) is 5.10 Å². The molecule has 0 aliphatic rings. The number of hydrogen-bond donors (Lipinski definition) is 3. The average Bonchev–Trinajstić information content (AvgIpc) is 3.00. The first-order valence-corrected chi connectivity index (χ1v) is 5.83. The molecule has 6 nitrogen and oxygen atoms in total. The van der Waals surface area contributed by atoms with E-state index in [1.165, 1.54) is 0 Å². The maximum Gasteiger partial charge on any atom is 0.241 e. The van der Waals surface area contributed by atoms with Crippen LogP contribution in [-0.2, 0) is 6.54 Å². The van der Waals surface area contributed by atoms with Crippen LogP contribution in [0.2, 0.25) is 0 Å². The van der Waals surface area contributed by atoms with E-state index in [-0.39, 0.29) is 0 Å². The van der Waals surface area contributed by atoms with Crippen LogP contribution in [0.25, 0.3) is 5.52 Å². The summed E-state index contributed by atoms with van der Waals surface area (Å²) in [6.45, 7) is 1.63. The standard InChI is InChI=1S/C12H14N6/c13-11-10-3-1-2-6-18(10)16-12(11)15-5-8-17-7-4-14-9-17/h1-4,6-7,9H,5,8,13H2,(H,15,16)/p+1. The van der Waals surface area contributed by atoms with Gasteiger partial charge in [0, 0.05) is 6.20 Å². The van der Waals surface area contributed by atoms with Crippen LogP contribution in [0.4, 0.5) is 11.5 Å². The average molecular weight is 243 g/mol. The molecule has 0 aliphatic heterocycles. The number of hydrogen-bond acceptors (Lipinski definition) is 3. The van der Waals surface area contributed by atoms with Crippen molar-refractivity contribution in [2.75, 3.05) is 17.6 Å². The minimum atomic E-state index is 0.690. The van der Waals surface area contributed by atoms with E-state index >= 15 is 0 Å². The Bertz CT molecular complexity index is 640. The molecule has 0 amide bonds. The highest BCUT2D eigenvalue weighted by atomic mass is 15.3. The molecule has 0 unspecified atom stereocenters. The Hall–Kier alpha value is -2.50. The number of H-pyrrole nitrogens is 1. The number of aromatic nitrogens is 4. The molecule has 3 heterocycles. The second-order valence-electron chi connectivity index (χ2n) is 4.07. The Morgan fingerprint density at radius 1 is 1.44 bits per heavy atom. The van der Waals surface area contributed by atoms with Crippen molar-refractivity contribution < 1.29 is 4.57 Å². The smallest absolute Gasteiger partial charge is 0.241 e. The van der Waals surface area contributed by atoms with Crippen LogP contribution in [0, 0.1) is 0 Å². The summed E-state index contributed by atoms with van der Waals surface area (Å²) in [5.41, 5.74) is 7.65. The number of nitrogens with zero attached hydrogens (tertiary/aromatic N) is 3. The Balaban J connectivity index is 1.73. The van der Waals surface area contributed by atoms with Crippen molar-refractivity contribution in [1.29, 1.82) is 0 Å². The second kappa shape index (κ2) is 4.40. The highest BCUT2D eigenvalue weighted by molar-refractivity contribution is 5.80. The second-order valence-corrected chi connectivity index (χ2v) is 4.07. The van der Waals surface area contributed by atoms with E-state index in [9.17, 15) is 0 Å². The van der Waals surface area contributed by atoms with Crippen molar-refractivity contribution in [2.24, 2.45) is 0 Å². The summed E-state index contributed by atoms with van der Waals surface area (Å²) in [4.78, 5) is 3.00. The van der Waals surface area contributed by atoms with Crippen molar-refractivity contribution >= 4 is 17.0 Å². The molecule has 0 fully saturated rings. The lowest BCUT2D eigenvalue weighted by Gasteiger charge is -2.01. The normalized spacial score (nSPS) is 10.9. The van der Waals surface area contributed by atoms with Crippen LogP contribution in [0.1, 0.15) is 0 Å². The molecule has 0 spiro atoms. The Kier molecular flexibility index (Phi) is 2.60. The third kappa shape index (κ3) is 1.88. The molecule has 3 rings (SSSR count). The summed E-state index contributed by atoms with van der Waals surface area (Å²) in [6.07, 6.45) is 7.67.